The van der Waals surface area contributed by atoms with Crippen LogP contribution in [0.3, 0.4) is 0 Å². The van der Waals surface area contributed by atoms with E-state index in [1.165, 1.54) is 0 Å². The molecule has 0 aliphatic carbocycles. The van der Waals surface area contributed by atoms with Crippen molar-refractivity contribution >= 4 is 5.65 Å². The van der Waals surface area contributed by atoms with E-state index in [2.05, 4.69) is 15.2 Å². The molecule has 0 aliphatic rings. The molecule has 0 saturated carbocycles. The number of hydrogen-bond donors (Lipinski definition) is 0. The highest BCUT2D eigenvalue weighted by Crippen LogP contribution is 2.26. The number of fused-ring (bicyclic) bond motifs is 1. The Balaban J connectivity index is 1.98. The number of nitrogens with zero attached hydrogens (tertiary/aromatic N) is 4. The van der Waals surface area contributed by atoms with Crippen LogP contribution in [0.5, 0.6) is 5.88 Å². The van der Waals surface area contributed by atoms with Gasteiger partial charge in [-0.25, -0.2) is 4.98 Å². The molecule has 2 aromatic carbocycles. The van der Waals surface area contributed by atoms with Crippen LogP contribution in [-0.2, 0) is 0 Å². The molecule has 0 amide bonds. The van der Waals surface area contributed by atoms with Gasteiger partial charge in [0.2, 0.25) is 5.65 Å². The molecule has 5 heteroatoms. The van der Waals surface area contributed by atoms with Gasteiger partial charge in [0.1, 0.15) is 0 Å². The van der Waals surface area contributed by atoms with E-state index < -0.39 is 0 Å². The SMILES string of the molecule is COc1nc(-c2ccccc2)cn2c(-c3ccccc3)nnc12. The summed E-state index contributed by atoms with van der Waals surface area (Å²) >= 11 is 0. The lowest BCUT2D eigenvalue weighted by Gasteiger charge is -2.07. The Labute approximate surface area is 133 Å². The highest BCUT2D eigenvalue weighted by molar-refractivity contribution is 5.67. The summed E-state index contributed by atoms with van der Waals surface area (Å²) in [5.74, 6) is 1.22. The first-order valence-electron chi connectivity index (χ1n) is 7.27. The van der Waals surface area contributed by atoms with Crippen LogP contribution in [0.15, 0.2) is 66.9 Å². The van der Waals surface area contributed by atoms with E-state index in [0.717, 1.165) is 22.6 Å². The molecule has 4 aromatic rings. The van der Waals surface area contributed by atoms with Crippen molar-refractivity contribution in [1.82, 2.24) is 19.6 Å². The van der Waals surface area contributed by atoms with Gasteiger partial charge in [0.25, 0.3) is 5.88 Å². The zero-order valence-electron chi connectivity index (χ0n) is 12.5. The molecule has 0 aliphatic heterocycles. The fourth-order valence-corrected chi connectivity index (χ4v) is 2.54. The van der Waals surface area contributed by atoms with Gasteiger partial charge in [-0.15, -0.1) is 10.2 Å². The summed E-state index contributed by atoms with van der Waals surface area (Å²) in [6.07, 6.45) is 1.94. The lowest BCUT2D eigenvalue weighted by molar-refractivity contribution is 0.400. The molecule has 0 fully saturated rings. The first-order valence-corrected chi connectivity index (χ1v) is 7.27. The first-order chi connectivity index (χ1) is 11.4. The van der Waals surface area contributed by atoms with Gasteiger partial charge in [-0.05, 0) is 0 Å². The highest BCUT2D eigenvalue weighted by Gasteiger charge is 2.15. The molecular formula is C18H14N4O. The molecule has 23 heavy (non-hydrogen) atoms. The topological polar surface area (TPSA) is 52.3 Å². The van der Waals surface area contributed by atoms with E-state index in [1.807, 2.05) is 71.3 Å². The first kappa shape index (κ1) is 13.5. The monoisotopic (exact) mass is 302 g/mol. The third-order valence-corrected chi connectivity index (χ3v) is 3.66. The summed E-state index contributed by atoms with van der Waals surface area (Å²) in [6.45, 7) is 0. The van der Waals surface area contributed by atoms with Crippen LogP contribution in [0.1, 0.15) is 0 Å². The molecule has 0 unspecified atom stereocenters. The summed E-state index contributed by atoms with van der Waals surface area (Å²) in [6, 6.07) is 19.9. The van der Waals surface area contributed by atoms with Crippen molar-refractivity contribution in [3.63, 3.8) is 0 Å². The Morgan fingerprint density at radius 2 is 1.48 bits per heavy atom. The predicted octanol–water partition coefficient (Wildman–Crippen LogP) is 3.47. The second-order valence-electron chi connectivity index (χ2n) is 5.08. The zero-order chi connectivity index (χ0) is 15.6. The standard InChI is InChI=1S/C18H14N4O/c1-23-18-17-21-20-16(14-10-6-3-7-11-14)22(17)12-15(19-18)13-8-4-2-5-9-13/h2-12H,1H3. The summed E-state index contributed by atoms with van der Waals surface area (Å²) < 4.78 is 7.32. The van der Waals surface area contributed by atoms with Crippen LogP contribution in [0, 0.1) is 0 Å². The quantitative estimate of drug-likeness (QED) is 0.581. The van der Waals surface area contributed by atoms with Crippen LogP contribution in [0.4, 0.5) is 0 Å². The molecular weight excluding hydrogens is 288 g/mol. The second kappa shape index (κ2) is 5.53. The summed E-state index contributed by atoms with van der Waals surface area (Å²) in [5.41, 5.74) is 3.42. The van der Waals surface area contributed by atoms with E-state index in [1.54, 1.807) is 7.11 Å². The van der Waals surface area contributed by atoms with Crippen LogP contribution >= 0.6 is 0 Å². The smallest absolute Gasteiger partial charge is 0.260 e. The number of rotatable bonds is 3. The average molecular weight is 302 g/mol. The van der Waals surface area contributed by atoms with E-state index in [9.17, 15) is 0 Å². The van der Waals surface area contributed by atoms with Crippen molar-refractivity contribution in [3.05, 3.63) is 66.9 Å². The lowest BCUT2D eigenvalue weighted by atomic mass is 10.1. The van der Waals surface area contributed by atoms with E-state index in [-0.39, 0.29) is 0 Å². The van der Waals surface area contributed by atoms with Gasteiger partial charge < -0.3 is 4.74 Å². The number of methoxy groups -OCH3 is 1. The minimum absolute atomic E-state index is 0.459. The van der Waals surface area contributed by atoms with Gasteiger partial charge in [-0.1, -0.05) is 60.7 Å². The summed E-state index contributed by atoms with van der Waals surface area (Å²) in [4.78, 5) is 4.55. The van der Waals surface area contributed by atoms with Crippen molar-refractivity contribution in [2.75, 3.05) is 7.11 Å². The Bertz CT molecular complexity index is 949. The molecule has 0 bridgehead atoms. The minimum Gasteiger partial charge on any atom is -0.478 e. The van der Waals surface area contributed by atoms with Gasteiger partial charge >= 0.3 is 0 Å². The third kappa shape index (κ3) is 2.32. The van der Waals surface area contributed by atoms with Crippen molar-refractivity contribution in [3.8, 4) is 28.5 Å². The molecule has 4 rings (SSSR count). The highest BCUT2D eigenvalue weighted by atomic mass is 16.5. The van der Waals surface area contributed by atoms with Gasteiger partial charge in [0.05, 0.1) is 12.8 Å². The maximum absolute atomic E-state index is 5.40. The van der Waals surface area contributed by atoms with Crippen LogP contribution < -0.4 is 4.74 Å². The molecule has 2 heterocycles. The van der Waals surface area contributed by atoms with Crippen molar-refractivity contribution in [1.29, 1.82) is 0 Å². The van der Waals surface area contributed by atoms with E-state index in [0.29, 0.717) is 11.5 Å². The Kier molecular flexibility index (Phi) is 3.24. The zero-order valence-corrected chi connectivity index (χ0v) is 12.5. The number of aromatic nitrogens is 4. The largest absolute Gasteiger partial charge is 0.478 e. The Morgan fingerprint density at radius 3 is 2.13 bits per heavy atom. The summed E-state index contributed by atoms with van der Waals surface area (Å²) in [5, 5.41) is 8.53. The summed E-state index contributed by atoms with van der Waals surface area (Å²) in [7, 11) is 1.59. The average Bonchev–Trinajstić information content (AvgIpc) is 3.06. The number of hydrogen-bond acceptors (Lipinski definition) is 4. The van der Waals surface area contributed by atoms with Crippen molar-refractivity contribution < 1.29 is 4.74 Å². The molecule has 0 N–H and O–H groups in total. The maximum atomic E-state index is 5.40. The lowest BCUT2D eigenvalue weighted by Crippen LogP contribution is -1.98. The molecule has 2 aromatic heterocycles. The van der Waals surface area contributed by atoms with Crippen molar-refractivity contribution in [2.45, 2.75) is 0 Å². The maximum Gasteiger partial charge on any atom is 0.260 e. The molecule has 0 atom stereocenters. The molecule has 0 spiro atoms. The normalized spacial score (nSPS) is 10.8. The number of ether oxygens (including phenoxy) is 1. The fraction of sp³-hybridized carbons (Fsp3) is 0.0556. The fourth-order valence-electron chi connectivity index (χ4n) is 2.54. The van der Waals surface area contributed by atoms with Crippen LogP contribution in [0.25, 0.3) is 28.3 Å². The molecule has 112 valence electrons. The molecule has 0 radical (unpaired) electrons. The van der Waals surface area contributed by atoms with Gasteiger partial charge in [0.15, 0.2) is 5.82 Å². The van der Waals surface area contributed by atoms with E-state index in [4.69, 9.17) is 4.74 Å². The van der Waals surface area contributed by atoms with Gasteiger partial charge in [0, 0.05) is 17.3 Å². The molecule has 0 saturated heterocycles. The van der Waals surface area contributed by atoms with Crippen LogP contribution in [-0.4, -0.2) is 26.7 Å². The Morgan fingerprint density at radius 1 is 0.826 bits per heavy atom. The van der Waals surface area contributed by atoms with E-state index >= 15 is 0 Å². The number of benzene rings is 2. The van der Waals surface area contributed by atoms with Gasteiger partial charge in [-0.2, -0.15) is 0 Å². The van der Waals surface area contributed by atoms with Crippen LogP contribution in [0.2, 0.25) is 0 Å². The van der Waals surface area contributed by atoms with Crippen molar-refractivity contribution in [2.24, 2.45) is 0 Å². The minimum atomic E-state index is 0.459. The van der Waals surface area contributed by atoms with Gasteiger partial charge in [-0.3, -0.25) is 4.40 Å². The Hall–Kier alpha value is -3.21. The third-order valence-electron chi connectivity index (χ3n) is 3.66. The predicted molar refractivity (Wildman–Crippen MR) is 88.2 cm³/mol. The molecule has 5 nitrogen and oxygen atoms in total. The second-order valence-corrected chi connectivity index (χ2v) is 5.08.